The first kappa shape index (κ1) is 21.6. The molecule has 1 N–H and O–H groups in total. The molecule has 0 unspecified atom stereocenters. The number of aryl methyl sites for hydroxylation is 2. The third-order valence-electron chi connectivity index (χ3n) is 4.97. The van der Waals surface area contributed by atoms with E-state index < -0.39 is 0 Å². The average Bonchev–Trinajstić information content (AvgIpc) is 3.01. The minimum absolute atomic E-state index is 0.190. The molecule has 0 atom stereocenters. The highest BCUT2D eigenvalue weighted by atomic mass is 16.5. The Morgan fingerprint density at radius 3 is 2.17 bits per heavy atom. The standard InChI is InChI=1S/C24H30N2O4/c1-6-28-21-13-19(14-22(29-7-2)23(21)30-8-3)24(27)25-15-17-9-10-20-18(12-17)11-16(4)26(20)5/h9-14H,6-8,15H2,1-5H3,(H,25,27). The first-order valence-electron chi connectivity index (χ1n) is 10.4. The fourth-order valence-corrected chi connectivity index (χ4v) is 3.45. The molecule has 0 spiro atoms. The van der Waals surface area contributed by atoms with Crippen molar-refractivity contribution < 1.29 is 19.0 Å². The van der Waals surface area contributed by atoms with Gasteiger partial charge in [0, 0.05) is 35.8 Å². The van der Waals surface area contributed by atoms with Crippen molar-refractivity contribution in [2.75, 3.05) is 19.8 Å². The lowest BCUT2D eigenvalue weighted by atomic mass is 10.1. The zero-order valence-electron chi connectivity index (χ0n) is 18.4. The molecule has 0 aliphatic carbocycles. The number of nitrogens with zero attached hydrogens (tertiary/aromatic N) is 1. The molecule has 3 aromatic rings. The van der Waals surface area contributed by atoms with E-state index in [1.165, 1.54) is 16.6 Å². The van der Waals surface area contributed by atoms with Crippen LogP contribution in [0.2, 0.25) is 0 Å². The van der Waals surface area contributed by atoms with Gasteiger partial charge in [-0.1, -0.05) is 6.07 Å². The third-order valence-corrected chi connectivity index (χ3v) is 4.97. The van der Waals surface area contributed by atoms with E-state index >= 15 is 0 Å². The largest absolute Gasteiger partial charge is 0.490 e. The third kappa shape index (κ3) is 4.53. The van der Waals surface area contributed by atoms with Crippen LogP contribution in [0.5, 0.6) is 17.2 Å². The van der Waals surface area contributed by atoms with Crippen LogP contribution in [0, 0.1) is 6.92 Å². The molecule has 0 aliphatic heterocycles. The van der Waals surface area contributed by atoms with Crippen molar-refractivity contribution >= 4 is 16.8 Å². The molecule has 160 valence electrons. The highest BCUT2D eigenvalue weighted by Crippen LogP contribution is 2.39. The average molecular weight is 411 g/mol. The number of rotatable bonds is 9. The van der Waals surface area contributed by atoms with Gasteiger partial charge in [0.2, 0.25) is 5.75 Å². The lowest BCUT2D eigenvalue weighted by molar-refractivity contribution is 0.0949. The lowest BCUT2D eigenvalue weighted by Crippen LogP contribution is -2.23. The lowest BCUT2D eigenvalue weighted by Gasteiger charge is -2.17. The molecule has 0 radical (unpaired) electrons. The molecular weight excluding hydrogens is 380 g/mol. The summed E-state index contributed by atoms with van der Waals surface area (Å²) in [5.74, 6) is 1.36. The first-order chi connectivity index (χ1) is 14.5. The van der Waals surface area contributed by atoms with E-state index in [1.54, 1.807) is 12.1 Å². The zero-order valence-corrected chi connectivity index (χ0v) is 18.4. The van der Waals surface area contributed by atoms with Gasteiger partial charge in [-0.15, -0.1) is 0 Å². The van der Waals surface area contributed by atoms with Crippen LogP contribution < -0.4 is 19.5 Å². The fraction of sp³-hybridized carbons (Fsp3) is 0.375. The van der Waals surface area contributed by atoms with Crippen LogP contribution in [0.15, 0.2) is 36.4 Å². The summed E-state index contributed by atoms with van der Waals surface area (Å²) in [7, 11) is 2.05. The van der Waals surface area contributed by atoms with E-state index in [1.807, 2.05) is 26.8 Å². The molecule has 0 aliphatic rings. The van der Waals surface area contributed by atoms with Crippen molar-refractivity contribution in [1.29, 1.82) is 0 Å². The number of hydrogen-bond acceptors (Lipinski definition) is 4. The molecule has 0 saturated heterocycles. The minimum atomic E-state index is -0.190. The Morgan fingerprint density at radius 2 is 1.57 bits per heavy atom. The van der Waals surface area contributed by atoms with Gasteiger partial charge in [0.05, 0.1) is 19.8 Å². The van der Waals surface area contributed by atoms with E-state index in [0.29, 0.717) is 49.2 Å². The summed E-state index contributed by atoms with van der Waals surface area (Å²) in [6, 6.07) is 11.8. The summed E-state index contributed by atoms with van der Waals surface area (Å²) in [6.45, 7) is 9.61. The molecule has 6 nitrogen and oxygen atoms in total. The summed E-state index contributed by atoms with van der Waals surface area (Å²) < 4.78 is 19.3. The number of hydrogen-bond donors (Lipinski definition) is 1. The maximum Gasteiger partial charge on any atom is 0.251 e. The highest BCUT2D eigenvalue weighted by Gasteiger charge is 2.18. The van der Waals surface area contributed by atoms with E-state index in [9.17, 15) is 4.79 Å². The maximum atomic E-state index is 12.9. The number of carbonyl (C=O) groups is 1. The number of benzene rings is 2. The predicted molar refractivity (Wildman–Crippen MR) is 119 cm³/mol. The van der Waals surface area contributed by atoms with Gasteiger partial charge in [0.25, 0.3) is 5.91 Å². The molecule has 6 heteroatoms. The molecule has 1 aromatic heterocycles. The number of ether oxygens (including phenoxy) is 3. The number of amides is 1. The van der Waals surface area contributed by atoms with Gasteiger partial charge in [-0.05, 0) is 63.6 Å². The van der Waals surface area contributed by atoms with Gasteiger partial charge in [0.15, 0.2) is 11.5 Å². The number of nitrogens with one attached hydrogen (secondary N) is 1. The summed E-state index contributed by atoms with van der Waals surface area (Å²) in [6.07, 6.45) is 0. The van der Waals surface area contributed by atoms with Crippen molar-refractivity contribution in [1.82, 2.24) is 9.88 Å². The highest BCUT2D eigenvalue weighted by molar-refractivity contribution is 5.95. The van der Waals surface area contributed by atoms with Gasteiger partial charge in [-0.3, -0.25) is 4.79 Å². The molecule has 1 heterocycles. The van der Waals surface area contributed by atoms with Crippen LogP contribution >= 0.6 is 0 Å². The normalized spacial score (nSPS) is 10.8. The SMILES string of the molecule is CCOc1cc(C(=O)NCc2ccc3c(c2)cc(C)n3C)cc(OCC)c1OCC. The summed E-state index contributed by atoms with van der Waals surface area (Å²) in [4.78, 5) is 12.9. The second-order valence-corrected chi connectivity index (χ2v) is 7.02. The summed E-state index contributed by atoms with van der Waals surface area (Å²) in [5.41, 5.74) is 3.90. The second-order valence-electron chi connectivity index (χ2n) is 7.02. The molecule has 1 amide bonds. The molecule has 2 aromatic carbocycles. The van der Waals surface area contributed by atoms with Crippen LogP contribution in [0.25, 0.3) is 10.9 Å². The van der Waals surface area contributed by atoms with E-state index in [-0.39, 0.29) is 5.91 Å². The van der Waals surface area contributed by atoms with Crippen molar-refractivity contribution in [3.63, 3.8) is 0 Å². The van der Waals surface area contributed by atoms with Crippen molar-refractivity contribution in [2.45, 2.75) is 34.2 Å². The van der Waals surface area contributed by atoms with Gasteiger partial charge >= 0.3 is 0 Å². The van der Waals surface area contributed by atoms with Crippen LogP contribution in [-0.2, 0) is 13.6 Å². The quantitative estimate of drug-likeness (QED) is 0.559. The molecule has 3 rings (SSSR count). The molecule has 0 bridgehead atoms. The van der Waals surface area contributed by atoms with Crippen molar-refractivity contribution in [3.05, 3.63) is 53.2 Å². The van der Waals surface area contributed by atoms with E-state index in [2.05, 4.69) is 42.1 Å². The maximum absolute atomic E-state index is 12.9. The summed E-state index contributed by atoms with van der Waals surface area (Å²) >= 11 is 0. The minimum Gasteiger partial charge on any atom is -0.490 e. The molecule has 0 fully saturated rings. The zero-order chi connectivity index (χ0) is 21.7. The Bertz CT molecular complexity index is 1010. The number of fused-ring (bicyclic) bond motifs is 1. The summed E-state index contributed by atoms with van der Waals surface area (Å²) in [5, 5.41) is 4.16. The Labute approximate surface area is 177 Å². The Morgan fingerprint density at radius 1 is 0.933 bits per heavy atom. The Hall–Kier alpha value is -3.15. The first-order valence-corrected chi connectivity index (χ1v) is 10.4. The number of aromatic nitrogens is 1. The van der Waals surface area contributed by atoms with Crippen LogP contribution in [0.4, 0.5) is 0 Å². The fourth-order valence-electron chi connectivity index (χ4n) is 3.45. The Kier molecular flexibility index (Phi) is 6.87. The van der Waals surface area contributed by atoms with Crippen molar-refractivity contribution in [3.8, 4) is 17.2 Å². The monoisotopic (exact) mass is 410 g/mol. The van der Waals surface area contributed by atoms with Crippen LogP contribution in [-0.4, -0.2) is 30.3 Å². The molecule has 30 heavy (non-hydrogen) atoms. The van der Waals surface area contributed by atoms with Gasteiger partial charge in [0.1, 0.15) is 0 Å². The van der Waals surface area contributed by atoms with Crippen LogP contribution in [0.3, 0.4) is 0 Å². The molecular formula is C24H30N2O4. The predicted octanol–water partition coefficient (Wildman–Crippen LogP) is 4.61. The van der Waals surface area contributed by atoms with Crippen molar-refractivity contribution in [2.24, 2.45) is 7.05 Å². The Balaban J connectivity index is 1.81. The van der Waals surface area contributed by atoms with E-state index in [0.717, 1.165) is 5.56 Å². The van der Waals surface area contributed by atoms with E-state index in [4.69, 9.17) is 14.2 Å². The van der Waals surface area contributed by atoms with Gasteiger partial charge < -0.3 is 24.1 Å². The van der Waals surface area contributed by atoms with Gasteiger partial charge in [-0.25, -0.2) is 0 Å². The smallest absolute Gasteiger partial charge is 0.251 e. The topological polar surface area (TPSA) is 61.7 Å². The second kappa shape index (κ2) is 9.57. The number of carbonyl (C=O) groups excluding carboxylic acids is 1. The van der Waals surface area contributed by atoms with Gasteiger partial charge in [-0.2, -0.15) is 0 Å². The molecule has 0 saturated carbocycles. The van der Waals surface area contributed by atoms with Crippen LogP contribution in [0.1, 0.15) is 42.4 Å².